The molecule has 1 aromatic rings. The van der Waals surface area contributed by atoms with Crippen molar-refractivity contribution in [1.82, 2.24) is 20.0 Å². The summed E-state index contributed by atoms with van der Waals surface area (Å²) >= 11 is 0. The van der Waals surface area contributed by atoms with Crippen molar-refractivity contribution in [2.45, 2.75) is 77.9 Å². The Morgan fingerprint density at radius 3 is 2.71 bits per heavy atom. The summed E-state index contributed by atoms with van der Waals surface area (Å²) < 4.78 is 2.03. The first-order chi connectivity index (χ1) is 11.5. The number of nitrogens with zero attached hydrogens (tertiary/aromatic N) is 3. The second-order valence-corrected chi connectivity index (χ2v) is 7.79. The Hall–Kier alpha value is -1.36. The van der Waals surface area contributed by atoms with Gasteiger partial charge in [-0.05, 0) is 59.3 Å². The van der Waals surface area contributed by atoms with E-state index in [1.807, 2.05) is 4.68 Å². The van der Waals surface area contributed by atoms with Crippen molar-refractivity contribution in [3.8, 4) is 0 Å². The second-order valence-electron chi connectivity index (χ2n) is 7.79. The summed E-state index contributed by atoms with van der Waals surface area (Å²) in [4.78, 5) is 14.7. The van der Waals surface area contributed by atoms with Crippen molar-refractivity contribution in [2.24, 2.45) is 5.92 Å². The van der Waals surface area contributed by atoms with E-state index in [0.717, 1.165) is 44.6 Å². The zero-order valence-electron chi connectivity index (χ0n) is 15.4. The van der Waals surface area contributed by atoms with Crippen molar-refractivity contribution in [1.29, 1.82) is 0 Å². The van der Waals surface area contributed by atoms with Gasteiger partial charge in [0, 0.05) is 49.4 Å². The molecule has 2 atom stereocenters. The fourth-order valence-electron chi connectivity index (χ4n) is 3.98. The van der Waals surface area contributed by atoms with Gasteiger partial charge < -0.3 is 10.2 Å². The topological polar surface area (TPSA) is 50.2 Å². The number of carbonyl (C=O) groups excluding carboxylic acids is 1. The summed E-state index contributed by atoms with van der Waals surface area (Å²) in [6.45, 7) is 9.18. The van der Waals surface area contributed by atoms with Crippen molar-refractivity contribution in [3.05, 3.63) is 17.5 Å². The molecule has 1 N–H and O–H groups in total. The smallest absolute Gasteiger partial charge is 0.225 e. The minimum Gasteiger partial charge on any atom is -0.342 e. The van der Waals surface area contributed by atoms with Crippen molar-refractivity contribution < 1.29 is 4.79 Å². The first kappa shape index (κ1) is 17.5. The molecular weight excluding hydrogens is 300 g/mol. The molecule has 24 heavy (non-hydrogen) atoms. The number of piperidine rings is 1. The maximum absolute atomic E-state index is 12.6. The highest BCUT2D eigenvalue weighted by Crippen LogP contribution is 2.28. The number of nitrogens with one attached hydrogen (secondary N) is 1. The molecule has 0 spiro atoms. The number of aromatic nitrogens is 2. The van der Waals surface area contributed by atoms with Crippen LogP contribution in [0.1, 0.15) is 69.7 Å². The van der Waals surface area contributed by atoms with Gasteiger partial charge in [0.15, 0.2) is 0 Å². The number of hydrogen-bond acceptors (Lipinski definition) is 3. The molecule has 0 unspecified atom stereocenters. The van der Waals surface area contributed by atoms with E-state index in [9.17, 15) is 4.79 Å². The lowest BCUT2D eigenvalue weighted by molar-refractivity contribution is -0.136. The maximum atomic E-state index is 12.6. The van der Waals surface area contributed by atoms with E-state index < -0.39 is 0 Å². The van der Waals surface area contributed by atoms with Crippen LogP contribution >= 0.6 is 0 Å². The Balaban J connectivity index is 1.48. The van der Waals surface area contributed by atoms with E-state index in [-0.39, 0.29) is 5.92 Å². The van der Waals surface area contributed by atoms with Crippen LogP contribution in [-0.2, 0) is 11.3 Å². The van der Waals surface area contributed by atoms with E-state index in [0.29, 0.717) is 18.0 Å². The third-order valence-electron chi connectivity index (χ3n) is 5.58. The van der Waals surface area contributed by atoms with Crippen molar-refractivity contribution in [3.63, 3.8) is 0 Å². The molecular formula is C19H32N4O. The monoisotopic (exact) mass is 332 g/mol. The third kappa shape index (κ3) is 4.00. The summed E-state index contributed by atoms with van der Waals surface area (Å²) in [6, 6.07) is 0.862. The molecule has 2 fully saturated rings. The van der Waals surface area contributed by atoms with E-state index >= 15 is 0 Å². The Bertz CT molecular complexity index is 560. The number of amides is 1. The number of rotatable bonds is 5. The van der Waals surface area contributed by atoms with E-state index in [1.165, 1.54) is 24.8 Å². The van der Waals surface area contributed by atoms with Crippen LogP contribution in [0.3, 0.4) is 0 Å². The molecule has 134 valence electrons. The second kappa shape index (κ2) is 7.68. The molecule has 0 aromatic carbocycles. The van der Waals surface area contributed by atoms with Crippen LogP contribution in [0.15, 0.2) is 6.20 Å². The number of carbonyl (C=O) groups is 1. The maximum Gasteiger partial charge on any atom is 0.225 e. The molecule has 1 amide bonds. The molecule has 1 saturated carbocycles. The van der Waals surface area contributed by atoms with Crippen LogP contribution in [0.4, 0.5) is 0 Å². The van der Waals surface area contributed by atoms with Crippen LogP contribution in [0.5, 0.6) is 0 Å². The fraction of sp³-hybridized carbons (Fsp3) is 0.789. The predicted molar refractivity (Wildman–Crippen MR) is 95.7 cm³/mol. The van der Waals surface area contributed by atoms with E-state index in [2.05, 4.69) is 42.3 Å². The Morgan fingerprint density at radius 2 is 2.04 bits per heavy atom. The lowest BCUT2D eigenvalue weighted by atomic mass is 10.0. The minimum absolute atomic E-state index is 0.236. The zero-order valence-corrected chi connectivity index (χ0v) is 15.4. The van der Waals surface area contributed by atoms with E-state index in [1.54, 1.807) is 0 Å². The molecule has 1 aliphatic carbocycles. The number of hydrogen-bond donors (Lipinski definition) is 1. The van der Waals surface area contributed by atoms with Crippen molar-refractivity contribution in [2.75, 3.05) is 13.1 Å². The van der Waals surface area contributed by atoms with Gasteiger partial charge in [-0.25, -0.2) is 0 Å². The van der Waals surface area contributed by atoms with Gasteiger partial charge in [-0.2, -0.15) is 5.10 Å². The first-order valence-electron chi connectivity index (χ1n) is 9.61. The summed E-state index contributed by atoms with van der Waals surface area (Å²) in [6.07, 6.45) is 8.93. The van der Waals surface area contributed by atoms with E-state index in [4.69, 9.17) is 0 Å². The highest BCUT2D eigenvalue weighted by Gasteiger charge is 2.32. The zero-order chi connectivity index (χ0) is 17.1. The predicted octanol–water partition coefficient (Wildman–Crippen LogP) is 3.04. The van der Waals surface area contributed by atoms with Crippen LogP contribution in [0.2, 0.25) is 0 Å². The SMILES string of the molecule is Cc1nn(C(C)C)cc1CN[C@H]1CC[C@@H](C(=O)N2CCCCC2)C1. The van der Waals surface area contributed by atoms with Gasteiger partial charge >= 0.3 is 0 Å². The number of likely N-dealkylation sites (tertiary alicyclic amines) is 1. The molecule has 5 nitrogen and oxygen atoms in total. The van der Waals surface area contributed by atoms with Gasteiger partial charge in [0.1, 0.15) is 0 Å². The quantitative estimate of drug-likeness (QED) is 0.901. The standard InChI is InChI=1S/C19H32N4O/c1-14(2)23-13-17(15(3)21-23)12-20-18-8-7-16(11-18)19(24)22-9-5-4-6-10-22/h13-14,16,18,20H,4-12H2,1-3H3/t16-,18+/m1/s1. The molecule has 1 aromatic heterocycles. The highest BCUT2D eigenvalue weighted by molar-refractivity contribution is 5.79. The van der Waals surface area contributed by atoms with Gasteiger partial charge in [0.25, 0.3) is 0 Å². The summed E-state index contributed by atoms with van der Waals surface area (Å²) in [5, 5.41) is 8.23. The first-order valence-corrected chi connectivity index (χ1v) is 9.61. The van der Waals surface area contributed by atoms with Crippen LogP contribution in [0, 0.1) is 12.8 Å². The minimum atomic E-state index is 0.236. The van der Waals surface area contributed by atoms with Crippen molar-refractivity contribution >= 4 is 5.91 Å². The average molecular weight is 332 g/mol. The fourth-order valence-corrected chi connectivity index (χ4v) is 3.98. The Morgan fingerprint density at radius 1 is 1.29 bits per heavy atom. The normalized spacial score (nSPS) is 24.8. The van der Waals surface area contributed by atoms with Gasteiger partial charge in [0.05, 0.1) is 5.69 Å². The lowest BCUT2D eigenvalue weighted by Gasteiger charge is -2.29. The molecule has 5 heteroatoms. The van der Waals surface area contributed by atoms with Gasteiger partial charge in [-0.15, -0.1) is 0 Å². The molecule has 2 aliphatic rings. The lowest BCUT2D eigenvalue weighted by Crippen LogP contribution is -2.39. The average Bonchev–Trinajstić information content (AvgIpc) is 3.20. The summed E-state index contributed by atoms with van der Waals surface area (Å²) in [7, 11) is 0. The molecule has 0 radical (unpaired) electrons. The molecule has 1 saturated heterocycles. The Labute approximate surface area is 145 Å². The third-order valence-corrected chi connectivity index (χ3v) is 5.58. The molecule has 3 rings (SSSR count). The summed E-state index contributed by atoms with van der Waals surface area (Å²) in [5.74, 6) is 0.642. The highest BCUT2D eigenvalue weighted by atomic mass is 16.2. The molecule has 1 aliphatic heterocycles. The van der Waals surface area contributed by atoms with Gasteiger partial charge in [0.2, 0.25) is 5.91 Å². The van der Waals surface area contributed by atoms with Crippen LogP contribution in [0.25, 0.3) is 0 Å². The van der Waals surface area contributed by atoms with Gasteiger partial charge in [-0.3, -0.25) is 9.48 Å². The van der Waals surface area contributed by atoms with Gasteiger partial charge in [-0.1, -0.05) is 0 Å². The number of aryl methyl sites for hydroxylation is 1. The Kier molecular flexibility index (Phi) is 5.59. The van der Waals surface area contributed by atoms with Crippen LogP contribution in [-0.4, -0.2) is 39.7 Å². The largest absolute Gasteiger partial charge is 0.342 e. The molecule has 2 heterocycles. The van der Waals surface area contributed by atoms with Crippen LogP contribution < -0.4 is 5.32 Å². The molecule has 0 bridgehead atoms. The summed E-state index contributed by atoms with van der Waals surface area (Å²) in [5.41, 5.74) is 2.38.